The summed E-state index contributed by atoms with van der Waals surface area (Å²) in [5, 5.41) is 24.3. The van der Waals surface area contributed by atoms with Crippen molar-refractivity contribution in [1.29, 1.82) is 0 Å². The van der Waals surface area contributed by atoms with Gasteiger partial charge in [0, 0.05) is 30.0 Å². The first-order chi connectivity index (χ1) is 19.9. The fourth-order valence-electron chi connectivity index (χ4n) is 5.73. The van der Waals surface area contributed by atoms with Crippen molar-refractivity contribution >= 4 is 45.4 Å². The van der Waals surface area contributed by atoms with Crippen LogP contribution >= 0.6 is 22.6 Å². The molecular formula is C31H33IN2O7. The zero-order chi connectivity index (χ0) is 28.9. The average molecular weight is 673 g/mol. The van der Waals surface area contributed by atoms with Crippen molar-refractivity contribution in [2.75, 3.05) is 13.2 Å². The maximum absolute atomic E-state index is 14.3. The summed E-state index contributed by atoms with van der Waals surface area (Å²) in [6, 6.07) is 14.8. The molecule has 3 N–H and O–H groups in total. The van der Waals surface area contributed by atoms with Gasteiger partial charge in [-0.3, -0.25) is 9.59 Å². The summed E-state index contributed by atoms with van der Waals surface area (Å²) in [6.45, 7) is -0.160. The van der Waals surface area contributed by atoms with Crippen LogP contribution in [0.4, 0.5) is 0 Å². The van der Waals surface area contributed by atoms with Crippen LogP contribution in [-0.4, -0.2) is 64.4 Å². The Morgan fingerprint density at radius 2 is 1.80 bits per heavy atom. The molecule has 41 heavy (non-hydrogen) atoms. The van der Waals surface area contributed by atoms with Crippen LogP contribution in [0.5, 0.6) is 5.75 Å². The molecule has 2 aliphatic carbocycles. The highest BCUT2D eigenvalue weighted by Gasteiger charge is 2.44. The Hall–Kier alpha value is -3.22. The molecule has 10 heteroatoms. The normalized spacial score (nSPS) is 21.2. The van der Waals surface area contributed by atoms with Gasteiger partial charge in [0.05, 0.1) is 16.2 Å². The van der Waals surface area contributed by atoms with Gasteiger partial charge in [0.25, 0.3) is 5.91 Å². The van der Waals surface area contributed by atoms with Gasteiger partial charge in [-0.1, -0.05) is 49.6 Å². The number of ether oxygens (including phenoxy) is 1. The number of carbonyl (C=O) groups excluding carboxylic acids is 2. The number of nitrogens with one attached hydrogen (secondary N) is 1. The van der Waals surface area contributed by atoms with Crippen LogP contribution in [0.2, 0.25) is 0 Å². The molecule has 5 rings (SSSR count). The van der Waals surface area contributed by atoms with Gasteiger partial charge in [-0.15, -0.1) is 0 Å². The molecule has 3 unspecified atom stereocenters. The summed E-state index contributed by atoms with van der Waals surface area (Å²) < 4.78 is 12.6. The maximum Gasteiger partial charge on any atom is 0.349 e. The first-order valence-electron chi connectivity index (χ1n) is 13.9. The third-order valence-corrected chi connectivity index (χ3v) is 8.64. The summed E-state index contributed by atoms with van der Waals surface area (Å²) in [5.74, 6) is -0.408. The van der Waals surface area contributed by atoms with Crippen molar-refractivity contribution in [3.8, 4) is 5.75 Å². The summed E-state index contributed by atoms with van der Waals surface area (Å²) in [7, 11) is 0. The molecule has 0 spiro atoms. The third-order valence-electron chi connectivity index (χ3n) is 7.75. The highest BCUT2D eigenvalue weighted by atomic mass is 127. The number of rotatable bonds is 8. The van der Waals surface area contributed by atoms with Crippen LogP contribution < -0.4 is 15.7 Å². The molecular weight excluding hydrogens is 639 g/mol. The Kier molecular flexibility index (Phi) is 9.41. The maximum atomic E-state index is 14.3. The lowest BCUT2D eigenvalue weighted by atomic mass is 9.84. The van der Waals surface area contributed by atoms with Gasteiger partial charge in [0.1, 0.15) is 29.1 Å². The van der Waals surface area contributed by atoms with Gasteiger partial charge >= 0.3 is 5.63 Å². The first-order valence-corrected chi connectivity index (χ1v) is 15.0. The van der Waals surface area contributed by atoms with E-state index in [-0.39, 0.29) is 31.2 Å². The number of aliphatic hydroxyl groups excluding tert-OH is 2. The molecule has 3 atom stereocenters. The number of fused-ring (bicyclic) bond motifs is 1. The van der Waals surface area contributed by atoms with Gasteiger partial charge in [-0.2, -0.15) is 0 Å². The number of amides is 2. The van der Waals surface area contributed by atoms with Crippen LogP contribution in [0.15, 0.2) is 75.5 Å². The van der Waals surface area contributed by atoms with E-state index in [0.29, 0.717) is 35.1 Å². The fraction of sp³-hybridized carbons (Fsp3) is 0.387. The predicted molar refractivity (Wildman–Crippen MR) is 162 cm³/mol. The molecule has 1 heterocycles. The Morgan fingerprint density at radius 1 is 1.07 bits per heavy atom. The highest BCUT2D eigenvalue weighted by molar-refractivity contribution is 14.1. The van der Waals surface area contributed by atoms with Crippen molar-refractivity contribution in [2.24, 2.45) is 0 Å². The quantitative estimate of drug-likeness (QED) is 0.246. The van der Waals surface area contributed by atoms with E-state index in [1.165, 1.54) is 0 Å². The largest absolute Gasteiger partial charge is 0.482 e. The van der Waals surface area contributed by atoms with E-state index in [0.717, 1.165) is 22.8 Å². The van der Waals surface area contributed by atoms with E-state index in [1.54, 1.807) is 47.4 Å². The second kappa shape index (κ2) is 13.2. The second-order valence-electron chi connectivity index (χ2n) is 10.4. The Morgan fingerprint density at radius 3 is 2.56 bits per heavy atom. The van der Waals surface area contributed by atoms with Crippen LogP contribution in [-0.2, 0) is 4.79 Å². The third kappa shape index (κ3) is 6.49. The molecule has 1 aromatic heterocycles. The molecule has 2 amide bonds. The molecule has 1 fully saturated rings. The SMILES string of the molecule is O=C(NCCO)C1=CC(Oc2ccccc2I)C(O)C(N(C(=O)c2cc3ccccc3oc2=O)C2CCCCC2)C1. The lowest BCUT2D eigenvalue weighted by molar-refractivity contribution is -0.118. The fourth-order valence-corrected chi connectivity index (χ4v) is 6.25. The molecule has 216 valence electrons. The minimum Gasteiger partial charge on any atom is -0.482 e. The Labute approximate surface area is 251 Å². The standard InChI is InChI=1S/C31H33IN2O7/c32-23-11-5-7-13-26(23)40-27-18-20(29(37)33-14-15-35)17-24(28(27)36)34(21-9-2-1-3-10-21)30(38)22-16-19-8-4-6-12-25(19)41-31(22)39/h4-8,11-13,16,18,21,24,27-28,35-36H,1-3,9-10,14-15,17H2,(H,33,37). The summed E-state index contributed by atoms with van der Waals surface area (Å²) in [5.41, 5.74) is -0.142. The van der Waals surface area contributed by atoms with Crippen molar-refractivity contribution < 1.29 is 29.0 Å². The number of carbonyl (C=O) groups is 2. The molecule has 2 aromatic carbocycles. The number of hydrogen-bond donors (Lipinski definition) is 3. The van der Waals surface area contributed by atoms with E-state index in [4.69, 9.17) is 9.15 Å². The lowest BCUT2D eigenvalue weighted by Gasteiger charge is -2.45. The van der Waals surface area contributed by atoms with E-state index in [2.05, 4.69) is 27.9 Å². The minimum absolute atomic E-state index is 0.0608. The summed E-state index contributed by atoms with van der Waals surface area (Å²) in [4.78, 5) is 42.1. The molecule has 2 aliphatic rings. The zero-order valence-electron chi connectivity index (χ0n) is 22.5. The summed E-state index contributed by atoms with van der Waals surface area (Å²) >= 11 is 2.14. The first kappa shape index (κ1) is 29.3. The molecule has 0 saturated heterocycles. The predicted octanol–water partition coefficient (Wildman–Crippen LogP) is 3.79. The topological polar surface area (TPSA) is 129 Å². The zero-order valence-corrected chi connectivity index (χ0v) is 24.7. The monoisotopic (exact) mass is 672 g/mol. The lowest BCUT2D eigenvalue weighted by Crippen LogP contribution is -2.58. The van der Waals surface area contributed by atoms with E-state index in [1.807, 2.05) is 18.2 Å². The van der Waals surface area contributed by atoms with Crippen molar-refractivity contribution in [3.63, 3.8) is 0 Å². The van der Waals surface area contributed by atoms with Gasteiger partial charge < -0.3 is 29.6 Å². The number of para-hydroxylation sites is 2. The van der Waals surface area contributed by atoms with Crippen LogP contribution in [0.1, 0.15) is 48.9 Å². The molecule has 0 bridgehead atoms. The molecule has 0 aliphatic heterocycles. The van der Waals surface area contributed by atoms with Crippen molar-refractivity contribution in [2.45, 2.75) is 62.8 Å². The highest BCUT2D eigenvalue weighted by Crippen LogP contribution is 2.34. The summed E-state index contributed by atoms with van der Waals surface area (Å²) in [6.07, 6.45) is 3.81. The second-order valence-corrected chi connectivity index (χ2v) is 11.6. The smallest absolute Gasteiger partial charge is 0.349 e. The molecule has 1 saturated carbocycles. The van der Waals surface area contributed by atoms with Crippen LogP contribution in [0, 0.1) is 3.57 Å². The van der Waals surface area contributed by atoms with Crippen molar-refractivity contribution in [1.82, 2.24) is 10.2 Å². The van der Waals surface area contributed by atoms with Crippen molar-refractivity contribution in [3.05, 3.63) is 85.8 Å². The van der Waals surface area contributed by atoms with E-state index >= 15 is 0 Å². The number of nitrogens with zero attached hydrogens (tertiary/aromatic N) is 1. The number of halogens is 1. The number of hydrogen-bond acceptors (Lipinski definition) is 7. The number of aliphatic hydroxyl groups is 2. The average Bonchev–Trinajstić information content (AvgIpc) is 2.99. The van der Waals surface area contributed by atoms with Crippen LogP contribution in [0.25, 0.3) is 11.0 Å². The van der Waals surface area contributed by atoms with Crippen LogP contribution in [0.3, 0.4) is 0 Å². The Balaban J connectivity index is 1.56. The van der Waals surface area contributed by atoms with Gasteiger partial charge in [-0.05, 0) is 65.8 Å². The molecule has 0 radical (unpaired) electrons. The van der Waals surface area contributed by atoms with E-state index in [9.17, 15) is 24.6 Å². The molecule has 9 nitrogen and oxygen atoms in total. The molecule has 3 aromatic rings. The Bertz CT molecular complexity index is 1500. The van der Waals surface area contributed by atoms with E-state index < -0.39 is 35.7 Å². The minimum atomic E-state index is -1.18. The van der Waals surface area contributed by atoms with Gasteiger partial charge in [0.2, 0.25) is 5.91 Å². The van der Waals surface area contributed by atoms with Gasteiger partial charge in [-0.25, -0.2) is 4.79 Å². The van der Waals surface area contributed by atoms with Gasteiger partial charge in [0.15, 0.2) is 0 Å². The number of benzene rings is 2.